The number of nitrogens with zero attached hydrogens (tertiary/aromatic N) is 1. The molecule has 1 rings (SSSR count). The summed E-state index contributed by atoms with van der Waals surface area (Å²) in [6.07, 6.45) is 0. The molecule has 0 atom stereocenters. The van der Waals surface area contributed by atoms with Gasteiger partial charge in [-0.05, 0) is 19.5 Å². The van der Waals surface area contributed by atoms with Crippen molar-refractivity contribution in [3.8, 4) is 0 Å². The van der Waals surface area contributed by atoms with Gasteiger partial charge < -0.3 is 17.4 Å². The molecule has 0 bridgehead atoms. The van der Waals surface area contributed by atoms with Gasteiger partial charge in [-0.3, -0.25) is 0 Å². The van der Waals surface area contributed by atoms with Crippen LogP contribution in [0.1, 0.15) is 11.5 Å². The zero-order valence-corrected chi connectivity index (χ0v) is 12.1. The van der Waals surface area contributed by atoms with Crippen molar-refractivity contribution in [2.24, 2.45) is 0 Å². The number of oxazole rings is 1. The van der Waals surface area contributed by atoms with E-state index in [0.717, 1.165) is 0 Å². The zero-order valence-electron chi connectivity index (χ0n) is 8.18. The zero-order chi connectivity index (χ0) is 10.1. The summed E-state index contributed by atoms with van der Waals surface area (Å²) in [7, 11) is 0. The number of halogens is 3. The molecule has 0 aliphatic carbocycles. The summed E-state index contributed by atoms with van der Waals surface area (Å²) in [4.78, 5) is 3.82. The van der Waals surface area contributed by atoms with Crippen molar-refractivity contribution in [3.63, 3.8) is 0 Å². The first-order valence-corrected chi connectivity index (χ1v) is 4.65. The van der Waals surface area contributed by atoms with Crippen molar-refractivity contribution in [2.45, 2.75) is 19.1 Å². The smallest absolute Gasteiger partial charge is 0.448 e. The Morgan fingerprint density at radius 1 is 1.36 bits per heavy atom. The van der Waals surface area contributed by atoms with Gasteiger partial charge >= 0.3 is 58.4 Å². The fourth-order valence-corrected chi connectivity index (χ4v) is 1.39. The van der Waals surface area contributed by atoms with Gasteiger partial charge in [0.15, 0.2) is 0 Å². The second-order valence-corrected chi connectivity index (χ2v) is 3.61. The Bertz CT molecular complexity index is 284. The minimum Gasteiger partial charge on any atom is -0.448 e. The molecule has 1 heterocycles. The number of rotatable bonds is 3. The van der Waals surface area contributed by atoms with Gasteiger partial charge in [-0.2, -0.15) is 0 Å². The normalized spacial score (nSPS) is 11.2. The van der Waals surface area contributed by atoms with Gasteiger partial charge in [0.1, 0.15) is 5.76 Å². The van der Waals surface area contributed by atoms with Crippen LogP contribution in [0.3, 0.4) is 0 Å². The van der Waals surface area contributed by atoms with Crippen LogP contribution >= 0.6 is 11.8 Å². The molecule has 74 valence electrons. The molecule has 0 fully saturated rings. The molecular formula is C6H8BF3KNOS. The number of thioether (sulfide) groups is 1. The van der Waals surface area contributed by atoms with Gasteiger partial charge in [-0.15, -0.1) is 0 Å². The van der Waals surface area contributed by atoms with E-state index >= 15 is 0 Å². The van der Waals surface area contributed by atoms with Crippen LogP contribution in [0, 0.1) is 13.8 Å². The molecule has 0 aliphatic rings. The van der Waals surface area contributed by atoms with Crippen molar-refractivity contribution in [1.82, 2.24) is 4.98 Å². The van der Waals surface area contributed by atoms with Crippen LogP contribution in [0.2, 0.25) is 0 Å². The van der Waals surface area contributed by atoms with Crippen LogP contribution in [-0.4, -0.2) is 17.6 Å². The molecule has 8 heteroatoms. The molecule has 0 aliphatic heterocycles. The Morgan fingerprint density at radius 3 is 2.29 bits per heavy atom. The monoisotopic (exact) mass is 249 g/mol. The summed E-state index contributed by atoms with van der Waals surface area (Å²) in [6, 6.07) is 0. The second kappa shape index (κ2) is 5.95. The standard InChI is InChI=1S/C6H8BF3NOS.K/c1-4-5(2)12-6(11-4)13-3-7(8,9)10;/h3H2,1-2H3;/q-1;+1. The SMILES string of the molecule is Cc1nc(SC[B-](F)(F)F)oc1C.[K+]. The van der Waals surface area contributed by atoms with Crippen molar-refractivity contribution in [3.05, 3.63) is 11.5 Å². The van der Waals surface area contributed by atoms with E-state index in [1.54, 1.807) is 13.8 Å². The van der Waals surface area contributed by atoms with E-state index in [2.05, 4.69) is 4.98 Å². The molecular weight excluding hydrogens is 241 g/mol. The number of aryl methyl sites for hydroxylation is 2. The molecule has 0 radical (unpaired) electrons. The maximum Gasteiger partial charge on any atom is 1.00 e. The van der Waals surface area contributed by atoms with E-state index in [9.17, 15) is 12.9 Å². The molecule has 0 saturated heterocycles. The van der Waals surface area contributed by atoms with E-state index in [4.69, 9.17) is 4.42 Å². The van der Waals surface area contributed by atoms with E-state index in [1.165, 1.54) is 0 Å². The Kier molecular flexibility index (Phi) is 6.40. The predicted octanol–water partition coefficient (Wildman–Crippen LogP) is -0.226. The van der Waals surface area contributed by atoms with Crippen molar-refractivity contribution in [2.75, 3.05) is 5.65 Å². The summed E-state index contributed by atoms with van der Waals surface area (Å²) in [5.41, 5.74) is -0.267. The summed E-state index contributed by atoms with van der Waals surface area (Å²) >= 11 is 0.587. The number of hydrogen-bond donors (Lipinski definition) is 0. The predicted molar refractivity (Wildman–Crippen MR) is 45.8 cm³/mol. The van der Waals surface area contributed by atoms with Crippen LogP contribution < -0.4 is 51.4 Å². The van der Waals surface area contributed by atoms with Gasteiger partial charge in [-0.25, -0.2) is 4.98 Å². The molecule has 14 heavy (non-hydrogen) atoms. The molecule has 0 amide bonds. The third-order valence-corrected chi connectivity index (χ3v) is 2.37. The summed E-state index contributed by atoms with van der Waals surface area (Å²) < 4.78 is 40.4. The van der Waals surface area contributed by atoms with Gasteiger partial charge in [0.25, 0.3) is 5.22 Å². The molecule has 1 aromatic rings. The summed E-state index contributed by atoms with van der Waals surface area (Å²) in [5.74, 6) is 0.567. The van der Waals surface area contributed by atoms with Crippen LogP contribution in [0.15, 0.2) is 9.64 Å². The minimum absolute atomic E-state index is 0. The minimum atomic E-state index is -4.77. The van der Waals surface area contributed by atoms with Crippen LogP contribution in [0.4, 0.5) is 12.9 Å². The molecule has 0 unspecified atom stereocenters. The summed E-state index contributed by atoms with van der Waals surface area (Å²) in [6.45, 7) is -1.40. The maximum atomic E-state index is 11.8. The number of hydrogen-bond acceptors (Lipinski definition) is 3. The number of aromatic nitrogens is 1. The molecule has 0 aromatic carbocycles. The molecule has 0 spiro atoms. The first kappa shape index (κ1) is 15.1. The first-order valence-electron chi connectivity index (χ1n) is 3.66. The van der Waals surface area contributed by atoms with Gasteiger partial charge in [0, 0.05) is 0 Å². The second-order valence-electron chi connectivity index (χ2n) is 2.64. The fraction of sp³-hybridized carbons (Fsp3) is 0.500. The average molecular weight is 249 g/mol. The quantitative estimate of drug-likeness (QED) is 0.547. The molecule has 0 N–H and O–H groups in total. The Balaban J connectivity index is 0.00000169. The Labute approximate surface area is 127 Å². The van der Waals surface area contributed by atoms with Crippen molar-refractivity contribution < 1.29 is 68.7 Å². The van der Waals surface area contributed by atoms with Gasteiger partial charge in [0.2, 0.25) is 0 Å². The van der Waals surface area contributed by atoms with E-state index < -0.39 is 12.6 Å². The van der Waals surface area contributed by atoms with Crippen molar-refractivity contribution in [1.29, 1.82) is 0 Å². The maximum absolute atomic E-state index is 11.8. The van der Waals surface area contributed by atoms with E-state index in [-0.39, 0.29) is 56.6 Å². The van der Waals surface area contributed by atoms with Crippen molar-refractivity contribution >= 4 is 18.7 Å². The van der Waals surface area contributed by atoms with Crippen LogP contribution in [-0.2, 0) is 0 Å². The van der Waals surface area contributed by atoms with E-state index in [0.29, 0.717) is 23.2 Å². The van der Waals surface area contributed by atoms with E-state index in [1.807, 2.05) is 0 Å². The van der Waals surface area contributed by atoms with Gasteiger partial charge in [0.05, 0.1) is 5.69 Å². The van der Waals surface area contributed by atoms with Crippen LogP contribution in [0.25, 0.3) is 0 Å². The first-order chi connectivity index (χ1) is 5.88. The third-order valence-electron chi connectivity index (χ3n) is 1.40. The Hall–Kier alpha value is 1.05. The largest absolute Gasteiger partial charge is 1.00 e. The molecule has 0 saturated carbocycles. The summed E-state index contributed by atoms with van der Waals surface area (Å²) in [5, 5.41) is 0.0919. The molecule has 2 nitrogen and oxygen atoms in total. The Morgan fingerprint density at radius 2 is 1.93 bits per heavy atom. The average Bonchev–Trinajstić information content (AvgIpc) is 2.27. The fourth-order valence-electron chi connectivity index (χ4n) is 0.671. The molecule has 1 aromatic heterocycles. The topological polar surface area (TPSA) is 26.0 Å². The third kappa shape index (κ3) is 5.22. The van der Waals surface area contributed by atoms with Crippen LogP contribution in [0.5, 0.6) is 0 Å². The van der Waals surface area contributed by atoms with Gasteiger partial charge in [-0.1, -0.05) is 11.8 Å².